The molecule has 2 rings (SSSR count). The maximum atomic E-state index is 12.5. The Morgan fingerprint density at radius 2 is 2.09 bits per heavy atom. The number of aryl methyl sites for hydroxylation is 1. The van der Waals surface area contributed by atoms with Crippen molar-refractivity contribution in [3.63, 3.8) is 0 Å². The molecule has 1 amide bonds. The van der Waals surface area contributed by atoms with Crippen molar-refractivity contribution in [1.29, 1.82) is 0 Å². The summed E-state index contributed by atoms with van der Waals surface area (Å²) >= 11 is 0. The van der Waals surface area contributed by atoms with E-state index in [0.717, 1.165) is 39.1 Å². The number of carbonyl (C=O) groups excluding carboxylic acids is 1. The molecule has 2 unspecified atom stereocenters. The summed E-state index contributed by atoms with van der Waals surface area (Å²) in [7, 11) is 1.73. The Kier molecular flexibility index (Phi) is 6.99. The summed E-state index contributed by atoms with van der Waals surface area (Å²) in [6.07, 6.45) is 6.08. The lowest BCUT2D eigenvalue weighted by atomic mass is 10.1. The third-order valence-electron chi connectivity index (χ3n) is 4.59. The second-order valence-electron chi connectivity index (χ2n) is 6.44. The summed E-state index contributed by atoms with van der Waals surface area (Å²) in [5.74, 6) is 0.277. The van der Waals surface area contributed by atoms with Gasteiger partial charge in [0.1, 0.15) is 0 Å². The zero-order valence-electron chi connectivity index (χ0n) is 14.6. The molecule has 5 heteroatoms. The van der Waals surface area contributed by atoms with Crippen LogP contribution < -0.4 is 0 Å². The number of hydrogen-bond donors (Lipinski definition) is 0. The number of nitrogens with zero attached hydrogens (tertiary/aromatic N) is 3. The first-order valence-corrected chi connectivity index (χ1v) is 8.53. The number of ether oxygens (including phenoxy) is 1. The van der Waals surface area contributed by atoms with Crippen LogP contribution in [0.1, 0.15) is 32.3 Å². The first kappa shape index (κ1) is 17.9. The van der Waals surface area contributed by atoms with Crippen LogP contribution in [0.15, 0.2) is 24.5 Å². The fraction of sp³-hybridized carbons (Fsp3) is 0.667. The Hall–Kier alpha value is -1.46. The first-order valence-electron chi connectivity index (χ1n) is 8.53. The lowest BCUT2D eigenvalue weighted by Crippen LogP contribution is -2.58. The van der Waals surface area contributed by atoms with E-state index in [4.69, 9.17) is 4.74 Å². The molecule has 0 aliphatic carbocycles. The van der Waals surface area contributed by atoms with Crippen LogP contribution in [0.5, 0.6) is 0 Å². The highest BCUT2D eigenvalue weighted by molar-refractivity contribution is 5.76. The van der Waals surface area contributed by atoms with Gasteiger partial charge in [-0.1, -0.05) is 6.07 Å². The molecule has 1 aliphatic heterocycles. The van der Waals surface area contributed by atoms with E-state index in [1.54, 1.807) is 13.3 Å². The van der Waals surface area contributed by atoms with E-state index < -0.39 is 0 Å². The minimum absolute atomic E-state index is 0.277. The van der Waals surface area contributed by atoms with Gasteiger partial charge < -0.3 is 9.64 Å². The van der Waals surface area contributed by atoms with Crippen LogP contribution in [0.2, 0.25) is 0 Å². The van der Waals surface area contributed by atoms with Crippen molar-refractivity contribution in [2.45, 2.75) is 45.2 Å². The maximum absolute atomic E-state index is 12.5. The lowest BCUT2D eigenvalue weighted by Gasteiger charge is -2.44. The van der Waals surface area contributed by atoms with E-state index in [9.17, 15) is 4.79 Å². The van der Waals surface area contributed by atoms with E-state index in [0.29, 0.717) is 18.5 Å². The summed E-state index contributed by atoms with van der Waals surface area (Å²) in [5, 5.41) is 0. The maximum Gasteiger partial charge on any atom is 0.222 e. The van der Waals surface area contributed by atoms with Gasteiger partial charge >= 0.3 is 0 Å². The van der Waals surface area contributed by atoms with Crippen molar-refractivity contribution in [3.8, 4) is 0 Å². The predicted octanol–water partition coefficient (Wildman–Crippen LogP) is 1.97. The molecule has 1 fully saturated rings. The third kappa shape index (κ3) is 5.29. The summed E-state index contributed by atoms with van der Waals surface area (Å²) in [4.78, 5) is 21.0. The van der Waals surface area contributed by atoms with Gasteiger partial charge in [0.15, 0.2) is 0 Å². The van der Waals surface area contributed by atoms with Gasteiger partial charge in [-0.2, -0.15) is 0 Å². The van der Waals surface area contributed by atoms with E-state index in [1.165, 1.54) is 5.56 Å². The van der Waals surface area contributed by atoms with E-state index in [-0.39, 0.29) is 5.91 Å². The highest BCUT2D eigenvalue weighted by Crippen LogP contribution is 2.17. The summed E-state index contributed by atoms with van der Waals surface area (Å²) in [6, 6.07) is 4.78. The molecule has 0 N–H and O–H groups in total. The Labute approximate surface area is 139 Å². The Bertz CT molecular complexity index is 468. The number of carbonyl (C=O) groups is 1. The second-order valence-corrected chi connectivity index (χ2v) is 6.44. The number of methoxy groups -OCH3 is 1. The number of amides is 1. The number of pyridine rings is 1. The predicted molar refractivity (Wildman–Crippen MR) is 91.3 cm³/mol. The average Bonchev–Trinajstić information content (AvgIpc) is 2.55. The van der Waals surface area contributed by atoms with Crippen molar-refractivity contribution in [2.75, 3.05) is 33.4 Å². The zero-order valence-corrected chi connectivity index (χ0v) is 14.6. The number of rotatable bonds is 7. The van der Waals surface area contributed by atoms with E-state index in [1.807, 2.05) is 17.2 Å². The molecule has 2 atom stereocenters. The zero-order chi connectivity index (χ0) is 16.7. The Morgan fingerprint density at radius 3 is 2.70 bits per heavy atom. The van der Waals surface area contributed by atoms with Crippen LogP contribution in [0.4, 0.5) is 0 Å². The van der Waals surface area contributed by atoms with Crippen molar-refractivity contribution in [1.82, 2.24) is 14.8 Å². The van der Waals surface area contributed by atoms with Crippen molar-refractivity contribution >= 4 is 5.91 Å². The molecule has 1 aromatic heterocycles. The second kappa shape index (κ2) is 8.99. The SMILES string of the molecule is COCCN1C(C)CN(C(=O)CCCc2cccnc2)CC1C. The third-order valence-corrected chi connectivity index (χ3v) is 4.59. The van der Waals surface area contributed by atoms with Crippen LogP contribution >= 0.6 is 0 Å². The van der Waals surface area contributed by atoms with Gasteiger partial charge in [-0.25, -0.2) is 0 Å². The van der Waals surface area contributed by atoms with E-state index >= 15 is 0 Å². The van der Waals surface area contributed by atoms with Gasteiger partial charge in [0.25, 0.3) is 0 Å². The molecule has 5 nitrogen and oxygen atoms in total. The molecule has 0 spiro atoms. The molecule has 0 bridgehead atoms. The van der Waals surface area contributed by atoms with Crippen LogP contribution in [0.3, 0.4) is 0 Å². The summed E-state index contributed by atoms with van der Waals surface area (Å²) in [6.45, 7) is 7.71. The minimum atomic E-state index is 0.277. The molecule has 0 aromatic carbocycles. The van der Waals surface area contributed by atoms with Crippen LogP contribution in [-0.4, -0.2) is 66.1 Å². The Balaban J connectivity index is 1.77. The highest BCUT2D eigenvalue weighted by atomic mass is 16.5. The fourth-order valence-electron chi connectivity index (χ4n) is 3.35. The average molecular weight is 319 g/mol. The van der Waals surface area contributed by atoms with Gasteiger partial charge in [-0.3, -0.25) is 14.7 Å². The van der Waals surface area contributed by atoms with Gasteiger partial charge in [0, 0.05) is 57.6 Å². The largest absolute Gasteiger partial charge is 0.383 e. The molecule has 1 saturated heterocycles. The molecule has 0 radical (unpaired) electrons. The normalized spacial score (nSPS) is 22.3. The van der Waals surface area contributed by atoms with Gasteiger partial charge in [-0.05, 0) is 38.3 Å². The molecule has 128 valence electrons. The number of piperazine rings is 1. The van der Waals surface area contributed by atoms with Crippen LogP contribution in [0.25, 0.3) is 0 Å². The molecule has 2 heterocycles. The lowest BCUT2D eigenvalue weighted by molar-refractivity contribution is -0.135. The van der Waals surface area contributed by atoms with Crippen molar-refractivity contribution in [2.24, 2.45) is 0 Å². The topological polar surface area (TPSA) is 45.7 Å². The van der Waals surface area contributed by atoms with Gasteiger partial charge in [0.2, 0.25) is 5.91 Å². The molecule has 23 heavy (non-hydrogen) atoms. The molecule has 1 aromatic rings. The summed E-state index contributed by atoms with van der Waals surface area (Å²) < 4.78 is 5.18. The minimum Gasteiger partial charge on any atom is -0.383 e. The Morgan fingerprint density at radius 1 is 1.35 bits per heavy atom. The van der Waals surface area contributed by atoms with Crippen molar-refractivity contribution in [3.05, 3.63) is 30.1 Å². The monoisotopic (exact) mass is 319 g/mol. The molecular weight excluding hydrogens is 290 g/mol. The van der Waals surface area contributed by atoms with Crippen LogP contribution in [-0.2, 0) is 16.0 Å². The quantitative estimate of drug-likeness (QED) is 0.771. The number of hydrogen-bond acceptors (Lipinski definition) is 4. The molecule has 1 aliphatic rings. The summed E-state index contributed by atoms with van der Waals surface area (Å²) in [5.41, 5.74) is 1.20. The van der Waals surface area contributed by atoms with Crippen LogP contribution in [0, 0.1) is 0 Å². The highest BCUT2D eigenvalue weighted by Gasteiger charge is 2.30. The van der Waals surface area contributed by atoms with Gasteiger partial charge in [0.05, 0.1) is 6.61 Å². The van der Waals surface area contributed by atoms with E-state index in [2.05, 4.69) is 29.8 Å². The van der Waals surface area contributed by atoms with Gasteiger partial charge in [-0.15, -0.1) is 0 Å². The number of aromatic nitrogens is 1. The molecular formula is C18H29N3O2. The first-order chi connectivity index (χ1) is 11.1. The van der Waals surface area contributed by atoms with Crippen molar-refractivity contribution < 1.29 is 9.53 Å². The smallest absolute Gasteiger partial charge is 0.222 e. The standard InChI is InChI=1S/C18H29N3O2/c1-15-13-20(14-16(2)21(15)10-11-23-3)18(22)8-4-6-17-7-5-9-19-12-17/h5,7,9,12,15-16H,4,6,8,10-11,13-14H2,1-3H3. The fourth-order valence-corrected chi connectivity index (χ4v) is 3.35. The molecule has 0 saturated carbocycles.